The minimum atomic E-state index is -0.0388. The largest absolute Gasteiger partial charge is 0.352 e. The van der Waals surface area contributed by atoms with Gasteiger partial charge in [-0.05, 0) is 98.6 Å². The smallest absolute Gasteiger partial charge is 0.170 e. The van der Waals surface area contributed by atoms with Crippen molar-refractivity contribution in [2.45, 2.75) is 46.3 Å². The molecule has 0 amide bonds. The van der Waals surface area contributed by atoms with Crippen molar-refractivity contribution in [3.8, 4) is 5.69 Å². The number of hydrogen-bond donors (Lipinski definition) is 1. The van der Waals surface area contributed by atoms with Crippen LogP contribution < -0.4 is 5.32 Å². The molecule has 0 aliphatic carbocycles. The van der Waals surface area contributed by atoms with E-state index in [1.165, 1.54) is 39.3 Å². The third kappa shape index (κ3) is 3.88. The maximum atomic E-state index is 5.87. The molecule has 4 heterocycles. The Kier molecular flexibility index (Phi) is 5.92. The van der Waals surface area contributed by atoms with Gasteiger partial charge >= 0.3 is 0 Å². The standard InChI is InChI=1S/C28H29N5S/c1-18-8-7-10-25(20(18)3)33-19(2)16-23(21(33)4)27-26(24-9-5-6-13-30-24)31-28(34)32(27)17-22-11-14-29-15-12-22/h5-16,26-27H,17H2,1-4H3,(H,31,34). The Morgan fingerprint density at radius 2 is 1.74 bits per heavy atom. The van der Waals surface area contributed by atoms with Crippen molar-refractivity contribution in [2.24, 2.45) is 0 Å². The highest BCUT2D eigenvalue weighted by molar-refractivity contribution is 7.80. The van der Waals surface area contributed by atoms with Crippen molar-refractivity contribution in [1.29, 1.82) is 0 Å². The van der Waals surface area contributed by atoms with E-state index in [1.807, 2.05) is 42.9 Å². The summed E-state index contributed by atoms with van der Waals surface area (Å²) < 4.78 is 2.37. The third-order valence-corrected chi connectivity index (χ3v) is 7.26. The predicted molar refractivity (Wildman–Crippen MR) is 140 cm³/mol. The van der Waals surface area contributed by atoms with Crippen molar-refractivity contribution >= 4 is 17.3 Å². The van der Waals surface area contributed by atoms with E-state index in [1.54, 1.807) is 0 Å². The highest BCUT2D eigenvalue weighted by atomic mass is 32.1. The molecule has 2 unspecified atom stereocenters. The Labute approximate surface area is 206 Å². The molecular formula is C28H29N5S. The molecule has 34 heavy (non-hydrogen) atoms. The molecule has 0 radical (unpaired) electrons. The molecule has 1 fully saturated rings. The van der Waals surface area contributed by atoms with Gasteiger partial charge in [0.25, 0.3) is 0 Å². The molecule has 6 heteroatoms. The summed E-state index contributed by atoms with van der Waals surface area (Å²) in [4.78, 5) is 11.2. The van der Waals surface area contributed by atoms with Gasteiger partial charge in [0.1, 0.15) is 0 Å². The maximum Gasteiger partial charge on any atom is 0.170 e. The summed E-state index contributed by atoms with van der Waals surface area (Å²) in [6, 6.07) is 19.0. The van der Waals surface area contributed by atoms with Gasteiger partial charge in [0.05, 0.1) is 17.8 Å². The van der Waals surface area contributed by atoms with Crippen LogP contribution in [0.2, 0.25) is 0 Å². The normalized spacial score (nSPS) is 17.8. The van der Waals surface area contributed by atoms with Crippen LogP contribution in [-0.2, 0) is 6.54 Å². The molecule has 172 valence electrons. The van der Waals surface area contributed by atoms with Gasteiger partial charge in [-0.3, -0.25) is 9.97 Å². The lowest BCUT2D eigenvalue weighted by molar-refractivity contribution is 0.310. The first-order valence-corrected chi connectivity index (χ1v) is 12.0. The fourth-order valence-corrected chi connectivity index (χ4v) is 5.34. The number of aryl methyl sites for hydroxylation is 2. The summed E-state index contributed by atoms with van der Waals surface area (Å²) >= 11 is 5.87. The summed E-state index contributed by atoms with van der Waals surface area (Å²) in [6.07, 6.45) is 5.51. The van der Waals surface area contributed by atoms with Crippen molar-refractivity contribution < 1.29 is 0 Å². The van der Waals surface area contributed by atoms with Crippen LogP contribution in [0.15, 0.2) is 73.2 Å². The fourth-order valence-electron chi connectivity index (χ4n) is 5.03. The Morgan fingerprint density at radius 3 is 2.47 bits per heavy atom. The molecule has 0 spiro atoms. The monoisotopic (exact) mass is 467 g/mol. The molecule has 1 saturated heterocycles. The minimum absolute atomic E-state index is 0.0145. The number of aromatic nitrogens is 3. The molecule has 1 aliphatic rings. The number of thiocarbonyl (C=S) groups is 1. The zero-order valence-electron chi connectivity index (χ0n) is 20.0. The second kappa shape index (κ2) is 9.03. The molecule has 2 atom stereocenters. The number of benzene rings is 1. The second-order valence-corrected chi connectivity index (χ2v) is 9.38. The molecule has 3 aromatic heterocycles. The molecule has 4 aromatic rings. The molecule has 1 N–H and O–H groups in total. The van der Waals surface area contributed by atoms with E-state index in [2.05, 4.69) is 82.8 Å². The van der Waals surface area contributed by atoms with E-state index < -0.39 is 0 Å². The summed E-state index contributed by atoms with van der Waals surface area (Å²) in [5.74, 6) is 0. The van der Waals surface area contributed by atoms with Crippen LogP contribution in [0, 0.1) is 27.7 Å². The average Bonchev–Trinajstić information content (AvgIpc) is 3.32. The Balaban J connectivity index is 1.64. The highest BCUT2D eigenvalue weighted by Crippen LogP contribution is 2.42. The molecule has 1 aliphatic heterocycles. The quantitative estimate of drug-likeness (QED) is 0.383. The van der Waals surface area contributed by atoms with E-state index in [0.29, 0.717) is 6.54 Å². The molecule has 5 nitrogen and oxygen atoms in total. The van der Waals surface area contributed by atoms with E-state index in [0.717, 1.165) is 10.8 Å². The zero-order valence-corrected chi connectivity index (χ0v) is 20.8. The van der Waals surface area contributed by atoms with Gasteiger partial charge in [-0.1, -0.05) is 18.2 Å². The van der Waals surface area contributed by atoms with Crippen LogP contribution in [0.25, 0.3) is 5.69 Å². The van der Waals surface area contributed by atoms with Crippen molar-refractivity contribution in [1.82, 2.24) is 24.8 Å². The summed E-state index contributed by atoms with van der Waals surface area (Å²) in [5, 5.41) is 4.32. The highest BCUT2D eigenvalue weighted by Gasteiger charge is 2.41. The predicted octanol–water partition coefficient (Wildman–Crippen LogP) is 5.67. The Hall–Kier alpha value is -3.51. The van der Waals surface area contributed by atoms with Crippen molar-refractivity contribution in [3.63, 3.8) is 0 Å². The van der Waals surface area contributed by atoms with Crippen LogP contribution in [0.4, 0.5) is 0 Å². The molecule has 5 rings (SSSR count). The van der Waals surface area contributed by atoms with Gasteiger partial charge < -0.3 is 14.8 Å². The van der Waals surface area contributed by atoms with Crippen molar-refractivity contribution in [3.05, 3.63) is 113 Å². The van der Waals surface area contributed by atoms with Gasteiger partial charge in [0.15, 0.2) is 5.11 Å². The van der Waals surface area contributed by atoms with Gasteiger partial charge in [0, 0.05) is 42.2 Å². The topological polar surface area (TPSA) is 46.0 Å². The minimum Gasteiger partial charge on any atom is -0.352 e. The van der Waals surface area contributed by atoms with Crippen LogP contribution in [-0.4, -0.2) is 24.5 Å². The average molecular weight is 468 g/mol. The SMILES string of the molecule is Cc1cccc(-n2c(C)cc(C3C(c4ccccn4)NC(=S)N3Cc3ccncc3)c2C)c1C. The third-order valence-electron chi connectivity index (χ3n) is 6.91. The van der Waals surface area contributed by atoms with Crippen LogP contribution in [0.3, 0.4) is 0 Å². The van der Waals surface area contributed by atoms with E-state index >= 15 is 0 Å². The fraction of sp³-hybridized carbons (Fsp3) is 0.250. The van der Waals surface area contributed by atoms with Crippen molar-refractivity contribution in [2.75, 3.05) is 0 Å². The molecule has 0 bridgehead atoms. The lowest BCUT2D eigenvalue weighted by Crippen LogP contribution is -2.29. The first kappa shape index (κ1) is 22.3. The Bertz CT molecular complexity index is 1330. The van der Waals surface area contributed by atoms with E-state index in [-0.39, 0.29) is 12.1 Å². The number of rotatable bonds is 5. The van der Waals surface area contributed by atoms with E-state index in [9.17, 15) is 0 Å². The van der Waals surface area contributed by atoms with Crippen LogP contribution in [0.5, 0.6) is 0 Å². The first-order chi connectivity index (χ1) is 16.5. The Morgan fingerprint density at radius 1 is 0.941 bits per heavy atom. The summed E-state index contributed by atoms with van der Waals surface area (Å²) in [5.41, 5.74) is 9.68. The number of nitrogens with zero attached hydrogens (tertiary/aromatic N) is 4. The van der Waals surface area contributed by atoms with E-state index in [4.69, 9.17) is 12.2 Å². The molecular weight excluding hydrogens is 438 g/mol. The van der Waals surface area contributed by atoms with Crippen LogP contribution >= 0.6 is 12.2 Å². The lowest BCUT2D eigenvalue weighted by atomic mass is 9.96. The van der Waals surface area contributed by atoms with Gasteiger partial charge in [0.2, 0.25) is 0 Å². The van der Waals surface area contributed by atoms with Gasteiger partial charge in [-0.15, -0.1) is 0 Å². The number of hydrogen-bond acceptors (Lipinski definition) is 3. The van der Waals surface area contributed by atoms with Gasteiger partial charge in [-0.25, -0.2) is 0 Å². The molecule has 1 aromatic carbocycles. The first-order valence-electron chi connectivity index (χ1n) is 11.6. The maximum absolute atomic E-state index is 5.87. The number of pyridine rings is 2. The number of nitrogens with one attached hydrogen (secondary N) is 1. The summed E-state index contributed by atoms with van der Waals surface area (Å²) in [6.45, 7) is 9.46. The summed E-state index contributed by atoms with van der Waals surface area (Å²) in [7, 11) is 0. The zero-order chi connectivity index (χ0) is 23.8. The van der Waals surface area contributed by atoms with Gasteiger partial charge in [-0.2, -0.15) is 0 Å². The molecule has 0 saturated carbocycles. The second-order valence-electron chi connectivity index (χ2n) is 8.99. The lowest BCUT2D eigenvalue weighted by Gasteiger charge is -2.28. The van der Waals surface area contributed by atoms with Crippen LogP contribution in [0.1, 0.15) is 51.4 Å².